The van der Waals surface area contributed by atoms with Crippen molar-refractivity contribution < 1.29 is 0 Å². The van der Waals surface area contributed by atoms with Crippen LogP contribution in [0, 0.1) is 20.8 Å². The van der Waals surface area contributed by atoms with Crippen LogP contribution in [0.25, 0.3) is 31.3 Å². The van der Waals surface area contributed by atoms with Crippen LogP contribution in [-0.4, -0.2) is 0 Å². The maximum Gasteiger partial charge on any atom is 0.230 e. The predicted molar refractivity (Wildman–Crippen MR) is 69.8 cm³/mol. The summed E-state index contributed by atoms with van der Waals surface area (Å²) in [6, 6.07) is 3.65. The minimum atomic E-state index is -1.96. The molecule has 0 amide bonds. The molecule has 0 fully saturated rings. The van der Waals surface area contributed by atoms with Gasteiger partial charge in [0.1, 0.15) is 0 Å². The normalized spacial score (nSPS) is 12.4. The lowest BCUT2D eigenvalue weighted by atomic mass is 9.95. The van der Waals surface area contributed by atoms with E-state index in [0.29, 0.717) is 16.7 Å². The van der Waals surface area contributed by atoms with Gasteiger partial charge in [0.25, 0.3) is 0 Å². The van der Waals surface area contributed by atoms with Gasteiger partial charge in [-0.3, -0.25) is 0 Å². The number of benzene rings is 1. The van der Waals surface area contributed by atoms with Gasteiger partial charge >= 0.3 is 0 Å². The molecule has 0 saturated carbocycles. The number of nitrogens with zero attached hydrogens (tertiary/aromatic N) is 9. The van der Waals surface area contributed by atoms with E-state index in [2.05, 4.69) is 30.1 Å². The second-order valence-electron chi connectivity index (χ2n) is 3.98. The highest BCUT2D eigenvalue weighted by Gasteiger charge is 2.32. The third-order valence-electron chi connectivity index (χ3n) is 2.56. The van der Waals surface area contributed by atoms with Crippen molar-refractivity contribution in [3.8, 4) is 0 Å². The van der Waals surface area contributed by atoms with Crippen LogP contribution < -0.4 is 0 Å². The first-order chi connectivity index (χ1) is 9.00. The molecule has 0 atom stereocenters. The van der Waals surface area contributed by atoms with Crippen LogP contribution in [0.2, 0.25) is 0 Å². The number of hydrogen-bond donors (Lipinski definition) is 0. The highest BCUT2D eigenvalue weighted by atomic mass is 15.4. The summed E-state index contributed by atoms with van der Waals surface area (Å²) in [5.41, 5.74) is 28.7. The van der Waals surface area contributed by atoms with Crippen LogP contribution in [0.15, 0.2) is 27.5 Å². The van der Waals surface area contributed by atoms with Crippen molar-refractivity contribution in [1.82, 2.24) is 0 Å². The molecule has 0 N–H and O–H groups in total. The van der Waals surface area contributed by atoms with E-state index in [-0.39, 0.29) is 0 Å². The van der Waals surface area contributed by atoms with Gasteiger partial charge in [-0.05, 0) is 54.1 Å². The van der Waals surface area contributed by atoms with E-state index in [0.717, 1.165) is 5.56 Å². The molecule has 9 nitrogen and oxygen atoms in total. The Bertz CT molecular complexity index is 574. The Balaban J connectivity index is 3.81. The number of aryl methyl sites for hydroxylation is 3. The first-order valence-electron chi connectivity index (χ1n) is 5.28. The Morgan fingerprint density at radius 2 is 1.21 bits per heavy atom. The summed E-state index contributed by atoms with van der Waals surface area (Å²) in [6.07, 6.45) is 0. The highest BCUT2D eigenvalue weighted by molar-refractivity contribution is 5.42. The van der Waals surface area contributed by atoms with Gasteiger partial charge in [0.15, 0.2) is 0 Å². The van der Waals surface area contributed by atoms with Gasteiger partial charge < -0.3 is 0 Å². The van der Waals surface area contributed by atoms with Crippen LogP contribution in [0.5, 0.6) is 0 Å². The first kappa shape index (κ1) is 14.2. The molecule has 0 spiro atoms. The molecule has 1 aromatic rings. The van der Waals surface area contributed by atoms with Crippen LogP contribution in [-0.2, 0) is 5.79 Å². The van der Waals surface area contributed by atoms with Crippen LogP contribution in [0.1, 0.15) is 22.3 Å². The van der Waals surface area contributed by atoms with Gasteiger partial charge in [0.2, 0.25) is 5.79 Å². The van der Waals surface area contributed by atoms with Gasteiger partial charge in [-0.15, -0.1) is 0 Å². The molecule has 0 saturated heterocycles. The largest absolute Gasteiger partial charge is 0.230 e. The molecule has 96 valence electrons. The Kier molecular flexibility index (Phi) is 4.23. The zero-order valence-corrected chi connectivity index (χ0v) is 10.7. The summed E-state index contributed by atoms with van der Waals surface area (Å²) in [4.78, 5) is 7.87. The monoisotopic (exact) mass is 257 g/mol. The second kappa shape index (κ2) is 5.66. The van der Waals surface area contributed by atoms with E-state index < -0.39 is 5.79 Å². The van der Waals surface area contributed by atoms with Crippen LogP contribution >= 0.6 is 0 Å². The maximum atomic E-state index is 8.64. The summed E-state index contributed by atoms with van der Waals surface area (Å²) in [5, 5.41) is 10.2. The Hall–Kier alpha value is -2.85. The van der Waals surface area contributed by atoms with E-state index in [1.54, 1.807) is 13.8 Å². The minimum absolute atomic E-state index is 0.395. The smallest absolute Gasteiger partial charge is 0.0702 e. The van der Waals surface area contributed by atoms with Crippen molar-refractivity contribution in [3.63, 3.8) is 0 Å². The minimum Gasteiger partial charge on any atom is -0.0702 e. The third kappa shape index (κ3) is 2.70. The lowest BCUT2D eigenvalue weighted by Crippen LogP contribution is -2.19. The van der Waals surface area contributed by atoms with E-state index >= 15 is 0 Å². The van der Waals surface area contributed by atoms with Crippen LogP contribution in [0.3, 0.4) is 0 Å². The summed E-state index contributed by atoms with van der Waals surface area (Å²) in [5.74, 6) is -1.96. The number of azide groups is 1. The fourth-order valence-corrected chi connectivity index (χ4v) is 2.11. The van der Waals surface area contributed by atoms with Gasteiger partial charge in [-0.25, -0.2) is 0 Å². The molecule has 0 aromatic heterocycles. The standard InChI is InChI=1S/C10H11N9/c1-6-4-7(2)9(8(3)5-6)10(14-17-11,15-18-12)16-19-13/h4-5H,1-3H3. The fourth-order valence-electron chi connectivity index (χ4n) is 2.11. The molecular formula is C10H11N9. The Morgan fingerprint density at radius 3 is 1.53 bits per heavy atom. The zero-order chi connectivity index (χ0) is 14.5. The topological polar surface area (TPSA) is 146 Å². The van der Waals surface area contributed by atoms with Gasteiger partial charge in [-0.2, -0.15) is 0 Å². The zero-order valence-electron chi connectivity index (χ0n) is 10.7. The van der Waals surface area contributed by atoms with E-state index in [9.17, 15) is 0 Å². The molecule has 9 heteroatoms. The van der Waals surface area contributed by atoms with Crippen LogP contribution in [0.4, 0.5) is 0 Å². The fraction of sp³-hybridized carbons (Fsp3) is 0.400. The number of rotatable bonds is 4. The summed E-state index contributed by atoms with van der Waals surface area (Å²) >= 11 is 0. The molecule has 0 bridgehead atoms. The van der Waals surface area contributed by atoms with Crippen molar-refractivity contribution in [2.45, 2.75) is 26.6 Å². The van der Waals surface area contributed by atoms with Gasteiger partial charge in [0.05, 0.1) is 0 Å². The lowest BCUT2D eigenvalue weighted by molar-refractivity contribution is 0.474. The molecule has 1 rings (SSSR count). The average molecular weight is 257 g/mol. The Morgan fingerprint density at radius 1 is 0.842 bits per heavy atom. The summed E-state index contributed by atoms with van der Waals surface area (Å²) in [6.45, 7) is 5.42. The molecular weight excluding hydrogens is 246 g/mol. The lowest BCUT2D eigenvalue weighted by Gasteiger charge is -2.22. The van der Waals surface area contributed by atoms with E-state index in [1.807, 2.05) is 19.1 Å². The van der Waals surface area contributed by atoms with Crippen molar-refractivity contribution in [1.29, 1.82) is 0 Å². The maximum absolute atomic E-state index is 8.64. The molecule has 0 radical (unpaired) electrons. The molecule has 0 heterocycles. The molecule has 0 aliphatic heterocycles. The molecule has 19 heavy (non-hydrogen) atoms. The number of hydrogen-bond acceptors (Lipinski definition) is 3. The average Bonchev–Trinajstić information content (AvgIpc) is 2.28. The molecule has 1 aromatic carbocycles. The van der Waals surface area contributed by atoms with Crippen molar-refractivity contribution >= 4 is 0 Å². The van der Waals surface area contributed by atoms with Crippen molar-refractivity contribution in [2.75, 3.05) is 0 Å². The predicted octanol–water partition coefficient (Wildman–Crippen LogP) is 4.65. The third-order valence-corrected chi connectivity index (χ3v) is 2.56. The van der Waals surface area contributed by atoms with E-state index in [1.165, 1.54) is 0 Å². The van der Waals surface area contributed by atoms with E-state index in [4.69, 9.17) is 16.6 Å². The summed E-state index contributed by atoms with van der Waals surface area (Å²) < 4.78 is 0. The van der Waals surface area contributed by atoms with Gasteiger partial charge in [-0.1, -0.05) is 33.0 Å². The SMILES string of the molecule is Cc1cc(C)c(C(N=[N+]=[N-])(N=[N+]=[N-])N=[N+]=[N-])c(C)c1. The second-order valence-corrected chi connectivity index (χ2v) is 3.98. The van der Waals surface area contributed by atoms with Crippen molar-refractivity contribution in [3.05, 3.63) is 65.7 Å². The molecule has 0 unspecified atom stereocenters. The Labute approximate surface area is 108 Å². The van der Waals surface area contributed by atoms with Crippen molar-refractivity contribution in [2.24, 2.45) is 15.3 Å². The molecule has 0 aliphatic rings. The highest BCUT2D eigenvalue weighted by Crippen LogP contribution is 2.35. The summed E-state index contributed by atoms with van der Waals surface area (Å²) in [7, 11) is 0. The first-order valence-corrected chi connectivity index (χ1v) is 5.28. The van der Waals surface area contributed by atoms with Gasteiger partial charge in [0, 0.05) is 14.7 Å². The quantitative estimate of drug-likeness (QED) is 0.419. The molecule has 0 aliphatic carbocycles.